The fraction of sp³-hybridized carbons (Fsp3) is 0.435. The zero-order valence-electron chi connectivity index (χ0n) is 18.1. The third-order valence-corrected chi connectivity index (χ3v) is 5.07. The summed E-state index contributed by atoms with van der Waals surface area (Å²) in [5, 5.41) is 6.80. The van der Waals surface area contributed by atoms with Crippen LogP contribution in [-0.4, -0.2) is 33.8 Å². The number of guanidine groups is 1. The van der Waals surface area contributed by atoms with E-state index in [0.717, 1.165) is 40.9 Å². The first-order chi connectivity index (χ1) is 14.1. The Labute approximate surface area is 196 Å². The highest BCUT2D eigenvalue weighted by atomic mass is 127. The lowest BCUT2D eigenvalue weighted by Crippen LogP contribution is -2.38. The molecular formula is C23H32IN3O3. The summed E-state index contributed by atoms with van der Waals surface area (Å²) in [5.41, 5.74) is 2.12. The number of para-hydroxylation sites is 1. The van der Waals surface area contributed by atoms with Gasteiger partial charge in [0.15, 0.2) is 5.96 Å². The molecule has 1 aliphatic carbocycles. The van der Waals surface area contributed by atoms with Gasteiger partial charge < -0.3 is 24.8 Å². The molecule has 2 aromatic rings. The highest BCUT2D eigenvalue weighted by Crippen LogP contribution is 2.31. The molecule has 1 aliphatic rings. The Morgan fingerprint density at radius 3 is 2.53 bits per heavy atom. The number of rotatable bonds is 9. The fourth-order valence-corrected chi connectivity index (χ4v) is 3.12. The molecule has 3 rings (SSSR count). The van der Waals surface area contributed by atoms with Crippen LogP contribution in [0.1, 0.15) is 36.9 Å². The maximum atomic E-state index is 6.00. The van der Waals surface area contributed by atoms with E-state index in [4.69, 9.17) is 14.2 Å². The largest absolute Gasteiger partial charge is 0.497 e. The first-order valence-corrected chi connectivity index (χ1v) is 10.0. The number of aliphatic imine (C=N–C) groups is 1. The second kappa shape index (κ2) is 11.9. The SMILES string of the molecule is CN=C(NCc1ccccc1OCC1CC1)NC(C)c1cc(OC)ccc1OC.I. The Balaban J connectivity index is 0.00000320. The molecule has 6 nitrogen and oxygen atoms in total. The highest BCUT2D eigenvalue weighted by Gasteiger charge is 2.22. The zero-order chi connectivity index (χ0) is 20.6. The van der Waals surface area contributed by atoms with E-state index >= 15 is 0 Å². The smallest absolute Gasteiger partial charge is 0.191 e. The number of benzene rings is 2. The topological polar surface area (TPSA) is 64.1 Å². The average Bonchev–Trinajstić information content (AvgIpc) is 3.59. The van der Waals surface area contributed by atoms with Gasteiger partial charge in [-0.05, 0) is 49.9 Å². The summed E-state index contributed by atoms with van der Waals surface area (Å²) in [5.74, 6) is 3.97. The fourth-order valence-electron chi connectivity index (χ4n) is 3.12. The van der Waals surface area contributed by atoms with Gasteiger partial charge in [-0.25, -0.2) is 0 Å². The predicted molar refractivity (Wildman–Crippen MR) is 131 cm³/mol. The summed E-state index contributed by atoms with van der Waals surface area (Å²) in [6.45, 7) is 3.50. The third-order valence-electron chi connectivity index (χ3n) is 5.07. The molecule has 164 valence electrons. The summed E-state index contributed by atoms with van der Waals surface area (Å²) in [6.07, 6.45) is 2.56. The Bertz CT molecular complexity index is 840. The number of nitrogens with one attached hydrogen (secondary N) is 2. The van der Waals surface area contributed by atoms with Gasteiger partial charge >= 0.3 is 0 Å². The second-order valence-corrected chi connectivity index (χ2v) is 7.26. The summed E-state index contributed by atoms with van der Waals surface area (Å²) in [4.78, 5) is 4.36. The van der Waals surface area contributed by atoms with Crippen molar-refractivity contribution in [3.05, 3.63) is 53.6 Å². The Morgan fingerprint density at radius 2 is 1.87 bits per heavy atom. The first kappa shape index (κ1) is 24.1. The van der Waals surface area contributed by atoms with Crippen molar-refractivity contribution in [2.75, 3.05) is 27.9 Å². The molecule has 0 aliphatic heterocycles. The Hall–Kier alpha value is -2.16. The zero-order valence-corrected chi connectivity index (χ0v) is 20.4. The molecule has 0 aromatic heterocycles. The minimum absolute atomic E-state index is 0. The lowest BCUT2D eigenvalue weighted by molar-refractivity contribution is 0.296. The molecule has 1 atom stereocenters. The number of ether oxygens (including phenoxy) is 3. The van der Waals surface area contributed by atoms with E-state index in [1.807, 2.05) is 36.4 Å². The molecule has 0 radical (unpaired) electrons. The Morgan fingerprint density at radius 1 is 1.10 bits per heavy atom. The van der Waals surface area contributed by atoms with E-state index in [1.165, 1.54) is 12.8 Å². The van der Waals surface area contributed by atoms with E-state index in [1.54, 1.807) is 21.3 Å². The van der Waals surface area contributed by atoms with Crippen molar-refractivity contribution in [1.82, 2.24) is 10.6 Å². The summed E-state index contributed by atoms with van der Waals surface area (Å²) < 4.78 is 16.9. The first-order valence-electron chi connectivity index (χ1n) is 10.0. The van der Waals surface area contributed by atoms with Crippen LogP contribution in [0.25, 0.3) is 0 Å². The number of hydrogen-bond donors (Lipinski definition) is 2. The van der Waals surface area contributed by atoms with Crippen molar-refractivity contribution < 1.29 is 14.2 Å². The second-order valence-electron chi connectivity index (χ2n) is 7.26. The number of hydrogen-bond acceptors (Lipinski definition) is 4. The van der Waals surface area contributed by atoms with Crippen molar-refractivity contribution in [3.8, 4) is 17.2 Å². The molecule has 0 saturated heterocycles. The van der Waals surface area contributed by atoms with Crippen LogP contribution >= 0.6 is 24.0 Å². The van der Waals surface area contributed by atoms with Crippen molar-refractivity contribution in [1.29, 1.82) is 0 Å². The van der Waals surface area contributed by atoms with Gasteiger partial charge in [0.1, 0.15) is 17.2 Å². The standard InChI is InChI=1S/C23H31N3O3.HI/c1-16(20-13-19(27-3)11-12-22(20)28-4)26-23(24-2)25-14-18-7-5-6-8-21(18)29-15-17-9-10-17;/h5-8,11-13,16-17H,9-10,14-15H2,1-4H3,(H2,24,25,26);1H. The lowest BCUT2D eigenvalue weighted by Gasteiger charge is -2.21. The van der Waals surface area contributed by atoms with Gasteiger partial charge in [0.2, 0.25) is 0 Å². The van der Waals surface area contributed by atoms with Crippen molar-refractivity contribution in [3.63, 3.8) is 0 Å². The van der Waals surface area contributed by atoms with Gasteiger partial charge in [-0.3, -0.25) is 4.99 Å². The molecule has 30 heavy (non-hydrogen) atoms. The normalized spacial score (nSPS) is 14.3. The number of nitrogens with zero attached hydrogens (tertiary/aromatic N) is 1. The monoisotopic (exact) mass is 525 g/mol. The molecule has 1 unspecified atom stereocenters. The summed E-state index contributed by atoms with van der Waals surface area (Å²) in [6, 6.07) is 13.9. The van der Waals surface area contributed by atoms with E-state index in [0.29, 0.717) is 12.5 Å². The van der Waals surface area contributed by atoms with Crippen LogP contribution in [0.5, 0.6) is 17.2 Å². The van der Waals surface area contributed by atoms with Crippen LogP contribution < -0.4 is 24.8 Å². The lowest BCUT2D eigenvalue weighted by atomic mass is 10.1. The summed E-state index contributed by atoms with van der Waals surface area (Å²) in [7, 11) is 5.09. The maximum Gasteiger partial charge on any atom is 0.191 e. The molecular weight excluding hydrogens is 493 g/mol. The van der Waals surface area contributed by atoms with Crippen LogP contribution in [-0.2, 0) is 6.54 Å². The van der Waals surface area contributed by atoms with Gasteiger partial charge in [0.05, 0.1) is 26.9 Å². The van der Waals surface area contributed by atoms with Crippen LogP contribution in [0.15, 0.2) is 47.5 Å². The van der Waals surface area contributed by atoms with Crippen LogP contribution in [0.4, 0.5) is 0 Å². The highest BCUT2D eigenvalue weighted by molar-refractivity contribution is 14.0. The number of methoxy groups -OCH3 is 2. The van der Waals surface area contributed by atoms with Crippen LogP contribution in [0.2, 0.25) is 0 Å². The van der Waals surface area contributed by atoms with Crippen molar-refractivity contribution >= 4 is 29.9 Å². The van der Waals surface area contributed by atoms with Crippen LogP contribution in [0.3, 0.4) is 0 Å². The van der Waals surface area contributed by atoms with Crippen LogP contribution in [0, 0.1) is 5.92 Å². The van der Waals surface area contributed by atoms with Crippen molar-refractivity contribution in [2.24, 2.45) is 10.9 Å². The van der Waals surface area contributed by atoms with E-state index in [9.17, 15) is 0 Å². The quantitative estimate of drug-likeness (QED) is 0.286. The predicted octanol–water partition coefficient (Wildman–Crippen LogP) is 4.54. The van der Waals surface area contributed by atoms with Gasteiger partial charge in [-0.1, -0.05) is 18.2 Å². The van der Waals surface area contributed by atoms with E-state index in [2.05, 4.69) is 28.6 Å². The molecule has 1 fully saturated rings. The van der Waals surface area contributed by atoms with E-state index in [-0.39, 0.29) is 30.0 Å². The molecule has 0 spiro atoms. The van der Waals surface area contributed by atoms with Gasteiger partial charge in [0, 0.05) is 24.7 Å². The number of halogens is 1. The molecule has 0 amide bonds. The summed E-state index contributed by atoms with van der Waals surface area (Å²) >= 11 is 0. The van der Waals surface area contributed by atoms with E-state index < -0.39 is 0 Å². The van der Waals surface area contributed by atoms with Gasteiger partial charge in [-0.2, -0.15) is 0 Å². The minimum Gasteiger partial charge on any atom is -0.497 e. The van der Waals surface area contributed by atoms with Crippen molar-refractivity contribution in [2.45, 2.75) is 32.4 Å². The maximum absolute atomic E-state index is 6.00. The van der Waals surface area contributed by atoms with Gasteiger partial charge in [0.25, 0.3) is 0 Å². The molecule has 0 bridgehead atoms. The molecule has 1 saturated carbocycles. The average molecular weight is 525 g/mol. The molecule has 7 heteroatoms. The Kier molecular flexibility index (Phi) is 9.55. The third kappa shape index (κ3) is 6.68. The molecule has 0 heterocycles. The molecule has 2 N–H and O–H groups in total. The van der Waals surface area contributed by atoms with Gasteiger partial charge in [-0.15, -0.1) is 24.0 Å². The molecule has 2 aromatic carbocycles. The minimum atomic E-state index is -0.0207.